The van der Waals surface area contributed by atoms with Crippen molar-refractivity contribution in [1.29, 1.82) is 0 Å². The highest BCUT2D eigenvalue weighted by molar-refractivity contribution is 9.10. The Labute approximate surface area is 219 Å². The first-order valence-electron chi connectivity index (χ1n) is 11.6. The first-order valence-corrected chi connectivity index (χ1v) is 12.8. The van der Waals surface area contributed by atoms with Crippen molar-refractivity contribution in [2.45, 2.75) is 51.7 Å². The number of carbonyl (C=O) groups is 2. The molecule has 0 unspecified atom stereocenters. The van der Waals surface area contributed by atoms with Crippen molar-refractivity contribution >= 4 is 39.3 Å². The minimum absolute atomic E-state index is 0.0513. The van der Waals surface area contributed by atoms with Crippen molar-refractivity contribution in [3.8, 4) is 0 Å². The number of rotatable bonds is 10. The second kappa shape index (κ2) is 12.8. The van der Waals surface area contributed by atoms with Gasteiger partial charge in [0.15, 0.2) is 0 Å². The molecule has 1 N–H and O–H groups in total. The maximum Gasteiger partial charge on any atom is 0.243 e. The van der Waals surface area contributed by atoms with Gasteiger partial charge in [-0.25, -0.2) is 4.39 Å². The van der Waals surface area contributed by atoms with Crippen molar-refractivity contribution < 1.29 is 14.0 Å². The molecule has 0 aliphatic carbocycles. The van der Waals surface area contributed by atoms with Crippen LogP contribution in [0, 0.1) is 5.82 Å². The highest BCUT2D eigenvalue weighted by Crippen LogP contribution is 2.23. The minimum atomic E-state index is -0.788. The second-order valence-electron chi connectivity index (χ2n) is 8.55. The Hall–Kier alpha value is -2.70. The van der Waals surface area contributed by atoms with Crippen LogP contribution < -0.4 is 5.32 Å². The molecular formula is C28H29BrClFN2O2. The number of benzene rings is 3. The average molecular weight is 560 g/mol. The van der Waals surface area contributed by atoms with E-state index in [-0.39, 0.29) is 41.4 Å². The van der Waals surface area contributed by atoms with Crippen LogP contribution in [0.5, 0.6) is 0 Å². The van der Waals surface area contributed by atoms with Gasteiger partial charge in [-0.3, -0.25) is 9.59 Å². The summed E-state index contributed by atoms with van der Waals surface area (Å²) in [6.07, 6.45) is 0.837. The van der Waals surface area contributed by atoms with Gasteiger partial charge < -0.3 is 10.2 Å². The van der Waals surface area contributed by atoms with Crippen LogP contribution in [-0.4, -0.2) is 28.8 Å². The summed E-state index contributed by atoms with van der Waals surface area (Å²) in [7, 11) is 0. The van der Waals surface area contributed by atoms with Crippen LogP contribution in [0.4, 0.5) is 4.39 Å². The molecule has 0 aromatic heterocycles. The molecule has 4 nitrogen and oxygen atoms in total. The fourth-order valence-electron chi connectivity index (χ4n) is 3.78. The molecule has 0 aliphatic heterocycles. The van der Waals surface area contributed by atoms with Crippen LogP contribution in [-0.2, 0) is 29.0 Å². The van der Waals surface area contributed by atoms with E-state index in [0.29, 0.717) is 6.42 Å². The molecular weight excluding hydrogens is 531 g/mol. The molecule has 0 bridgehead atoms. The molecule has 0 heterocycles. The van der Waals surface area contributed by atoms with Gasteiger partial charge >= 0.3 is 0 Å². The van der Waals surface area contributed by atoms with E-state index in [0.717, 1.165) is 22.0 Å². The smallest absolute Gasteiger partial charge is 0.243 e. The van der Waals surface area contributed by atoms with Gasteiger partial charge in [0, 0.05) is 34.1 Å². The van der Waals surface area contributed by atoms with Crippen LogP contribution in [0.15, 0.2) is 77.3 Å². The van der Waals surface area contributed by atoms with E-state index in [1.165, 1.54) is 17.0 Å². The van der Waals surface area contributed by atoms with E-state index in [2.05, 4.69) is 21.2 Å². The molecule has 7 heteroatoms. The van der Waals surface area contributed by atoms with Gasteiger partial charge in [0.1, 0.15) is 11.9 Å². The van der Waals surface area contributed by atoms with Gasteiger partial charge in [0.2, 0.25) is 11.8 Å². The summed E-state index contributed by atoms with van der Waals surface area (Å²) in [5.41, 5.74) is 1.90. The first kappa shape index (κ1) is 26.9. The molecule has 3 rings (SSSR count). The topological polar surface area (TPSA) is 49.4 Å². The zero-order valence-corrected chi connectivity index (χ0v) is 22.2. The van der Waals surface area contributed by atoms with E-state index in [9.17, 15) is 14.0 Å². The van der Waals surface area contributed by atoms with Gasteiger partial charge in [-0.1, -0.05) is 83.0 Å². The summed E-state index contributed by atoms with van der Waals surface area (Å²) in [5, 5.41) is 3.21. The molecule has 2 atom stereocenters. The molecule has 0 aliphatic rings. The van der Waals surface area contributed by atoms with Crippen molar-refractivity contribution in [3.63, 3.8) is 0 Å². The van der Waals surface area contributed by atoms with Crippen molar-refractivity contribution in [2.24, 2.45) is 0 Å². The lowest BCUT2D eigenvalue weighted by atomic mass is 10.0. The van der Waals surface area contributed by atoms with Crippen LogP contribution >= 0.6 is 27.5 Å². The Morgan fingerprint density at radius 3 is 2.37 bits per heavy atom. The molecule has 0 saturated heterocycles. The van der Waals surface area contributed by atoms with Crippen LogP contribution in [0.2, 0.25) is 5.02 Å². The zero-order chi connectivity index (χ0) is 25.4. The lowest BCUT2D eigenvalue weighted by Crippen LogP contribution is -2.52. The monoisotopic (exact) mass is 558 g/mol. The Bertz CT molecular complexity index is 1140. The van der Waals surface area contributed by atoms with Gasteiger partial charge in [0.05, 0.1) is 6.42 Å². The van der Waals surface area contributed by atoms with Crippen LogP contribution in [0.3, 0.4) is 0 Å². The predicted molar refractivity (Wildman–Crippen MR) is 142 cm³/mol. The summed E-state index contributed by atoms with van der Waals surface area (Å²) in [6.45, 7) is 4.11. The quantitative estimate of drug-likeness (QED) is 0.315. The number of hydrogen-bond acceptors (Lipinski definition) is 2. The van der Waals surface area contributed by atoms with E-state index >= 15 is 0 Å². The summed E-state index contributed by atoms with van der Waals surface area (Å²) in [5.74, 6) is -1.17. The molecule has 35 heavy (non-hydrogen) atoms. The molecule has 3 aromatic rings. The fraction of sp³-hybridized carbons (Fsp3) is 0.286. The highest BCUT2D eigenvalue weighted by atomic mass is 79.9. The van der Waals surface area contributed by atoms with Crippen LogP contribution in [0.1, 0.15) is 37.0 Å². The lowest BCUT2D eigenvalue weighted by molar-refractivity contribution is -0.141. The van der Waals surface area contributed by atoms with Crippen LogP contribution in [0.25, 0.3) is 0 Å². The number of halogens is 3. The Kier molecular flexibility index (Phi) is 9.87. The maximum absolute atomic E-state index is 14.5. The standard InChI is InChI=1S/C28H29BrClFN2O2/c1-3-19(2)32-28(35)26(16-20-9-5-4-6-10-20)33(18-21-11-7-12-22(29)15-21)27(34)17-23-24(30)13-8-14-25(23)31/h4-15,19,26H,3,16-18H2,1-2H3,(H,32,35)/t19-,26+/m0/s1. The summed E-state index contributed by atoms with van der Waals surface area (Å²) >= 11 is 9.70. The maximum atomic E-state index is 14.5. The Morgan fingerprint density at radius 1 is 1.03 bits per heavy atom. The van der Waals surface area contributed by atoms with Gasteiger partial charge in [-0.05, 0) is 48.7 Å². The Balaban J connectivity index is 2.01. The summed E-state index contributed by atoms with van der Waals surface area (Å²) in [6, 6.07) is 20.6. The Morgan fingerprint density at radius 2 is 1.71 bits per heavy atom. The van der Waals surface area contributed by atoms with Gasteiger partial charge in [0.25, 0.3) is 0 Å². The van der Waals surface area contributed by atoms with Gasteiger partial charge in [-0.2, -0.15) is 0 Å². The molecule has 3 aromatic carbocycles. The highest BCUT2D eigenvalue weighted by Gasteiger charge is 2.31. The summed E-state index contributed by atoms with van der Waals surface area (Å²) in [4.78, 5) is 28.7. The lowest BCUT2D eigenvalue weighted by Gasteiger charge is -2.32. The largest absolute Gasteiger partial charge is 0.352 e. The molecule has 2 amide bonds. The summed E-state index contributed by atoms with van der Waals surface area (Å²) < 4.78 is 15.4. The molecule has 0 fully saturated rings. The van der Waals surface area contributed by atoms with Crippen molar-refractivity contribution in [3.05, 3.63) is 105 Å². The minimum Gasteiger partial charge on any atom is -0.352 e. The third-order valence-corrected chi connectivity index (χ3v) is 6.75. The predicted octanol–water partition coefficient (Wildman–Crippen LogP) is 6.34. The molecule has 0 radical (unpaired) electrons. The van der Waals surface area contributed by atoms with Crippen molar-refractivity contribution in [1.82, 2.24) is 10.2 Å². The normalized spacial score (nSPS) is 12.6. The molecule has 184 valence electrons. The van der Waals surface area contributed by atoms with Gasteiger partial charge in [-0.15, -0.1) is 0 Å². The van der Waals surface area contributed by atoms with E-state index in [1.54, 1.807) is 6.07 Å². The number of nitrogens with one attached hydrogen (secondary N) is 1. The zero-order valence-electron chi connectivity index (χ0n) is 19.8. The molecule has 0 saturated carbocycles. The third kappa shape index (κ3) is 7.64. The number of nitrogens with zero attached hydrogens (tertiary/aromatic N) is 1. The average Bonchev–Trinajstić information content (AvgIpc) is 2.84. The van der Waals surface area contributed by atoms with E-state index in [4.69, 9.17) is 11.6 Å². The molecule has 0 spiro atoms. The first-order chi connectivity index (χ1) is 16.8. The van der Waals surface area contributed by atoms with Crippen molar-refractivity contribution in [2.75, 3.05) is 0 Å². The number of amides is 2. The SMILES string of the molecule is CC[C@H](C)NC(=O)[C@@H](Cc1ccccc1)N(Cc1cccc(Br)c1)C(=O)Cc1c(F)cccc1Cl. The van der Waals surface area contributed by atoms with E-state index in [1.807, 2.05) is 68.4 Å². The number of hydrogen-bond donors (Lipinski definition) is 1. The fourth-order valence-corrected chi connectivity index (χ4v) is 4.46. The third-order valence-electron chi connectivity index (χ3n) is 5.90. The number of carbonyl (C=O) groups excluding carboxylic acids is 2. The second-order valence-corrected chi connectivity index (χ2v) is 9.87. The van der Waals surface area contributed by atoms with E-state index < -0.39 is 11.9 Å².